The number of H-pyrrole nitrogens is 2. The second kappa shape index (κ2) is 11.8. The number of allylic oxidation sites excluding steroid dienone is 2. The highest BCUT2D eigenvalue weighted by molar-refractivity contribution is 5.93. The first-order valence-electron chi connectivity index (χ1n) is 16.0. The van der Waals surface area contributed by atoms with Crippen LogP contribution in [0.15, 0.2) is 24.3 Å². The van der Waals surface area contributed by atoms with Crippen molar-refractivity contribution in [3.63, 3.8) is 0 Å². The van der Waals surface area contributed by atoms with Crippen molar-refractivity contribution in [2.24, 2.45) is 0 Å². The molecule has 8 bridgehead atoms. The quantitative estimate of drug-likeness (QED) is 0.301. The average Bonchev–Trinajstić information content (AvgIpc) is 3.67. The molecule has 0 aliphatic carbocycles. The highest BCUT2D eigenvalue weighted by atomic mass is 14.8. The fraction of sp³-hybridized carbons (Fsp3) is 0.500. The monoisotopic (exact) mass is 536 g/mol. The maximum atomic E-state index is 5.37. The average molecular weight is 537 g/mol. The summed E-state index contributed by atoms with van der Waals surface area (Å²) in [6.45, 7) is 18.3. The van der Waals surface area contributed by atoms with Gasteiger partial charge in [-0.15, -0.1) is 0 Å². The Morgan fingerprint density at radius 1 is 0.475 bits per heavy atom. The largest absolute Gasteiger partial charge is 0.355 e. The van der Waals surface area contributed by atoms with Gasteiger partial charge in [0.15, 0.2) is 0 Å². The van der Waals surface area contributed by atoms with Gasteiger partial charge in [-0.05, 0) is 109 Å². The molecule has 5 heterocycles. The molecule has 212 valence electrons. The van der Waals surface area contributed by atoms with Crippen LogP contribution in [-0.2, 0) is 25.7 Å². The lowest BCUT2D eigenvalue weighted by Crippen LogP contribution is -2.03. The lowest BCUT2D eigenvalue weighted by Gasteiger charge is -2.16. The molecular formula is C36H48N4. The van der Waals surface area contributed by atoms with Crippen LogP contribution in [0.2, 0.25) is 0 Å². The molecule has 3 aromatic heterocycles. The number of aryl methyl sites for hydroxylation is 4. The second-order valence-corrected chi connectivity index (χ2v) is 11.3. The lowest BCUT2D eigenvalue weighted by molar-refractivity contribution is 0.533. The van der Waals surface area contributed by atoms with Crippen LogP contribution in [0.5, 0.6) is 0 Å². The maximum Gasteiger partial charge on any atom is 0.0693 e. The van der Waals surface area contributed by atoms with E-state index in [0.29, 0.717) is 11.8 Å². The van der Waals surface area contributed by atoms with Crippen LogP contribution in [0.1, 0.15) is 138 Å². The molecule has 2 N–H and O–H groups in total. The van der Waals surface area contributed by atoms with Crippen LogP contribution in [0.3, 0.4) is 0 Å². The van der Waals surface area contributed by atoms with Gasteiger partial charge in [-0.2, -0.15) is 0 Å². The predicted octanol–water partition coefficient (Wildman–Crippen LogP) is 9.98. The van der Waals surface area contributed by atoms with E-state index in [2.05, 4.69) is 89.6 Å². The molecule has 3 aromatic rings. The van der Waals surface area contributed by atoms with Gasteiger partial charge in [0.05, 0.1) is 11.4 Å². The van der Waals surface area contributed by atoms with Gasteiger partial charge in [0.1, 0.15) is 0 Å². The van der Waals surface area contributed by atoms with Gasteiger partial charge in [-0.25, -0.2) is 4.98 Å². The Hall–Kier alpha value is -3.14. The first kappa shape index (κ1) is 28.4. The van der Waals surface area contributed by atoms with E-state index in [1.54, 1.807) is 0 Å². The molecule has 2 atom stereocenters. The molecule has 0 amide bonds. The minimum Gasteiger partial charge on any atom is -0.355 e. The summed E-state index contributed by atoms with van der Waals surface area (Å²) in [5, 5.41) is 0. The summed E-state index contributed by atoms with van der Waals surface area (Å²) in [4.78, 5) is 18.4. The third-order valence-corrected chi connectivity index (χ3v) is 9.44. The molecule has 0 spiro atoms. The maximum absolute atomic E-state index is 5.37. The van der Waals surface area contributed by atoms with Crippen molar-refractivity contribution >= 4 is 33.2 Å². The van der Waals surface area contributed by atoms with E-state index in [1.807, 2.05) is 0 Å². The van der Waals surface area contributed by atoms with E-state index in [1.165, 1.54) is 66.9 Å². The van der Waals surface area contributed by atoms with Crippen LogP contribution in [0.25, 0.3) is 33.2 Å². The van der Waals surface area contributed by atoms with Crippen molar-refractivity contribution in [1.82, 2.24) is 19.9 Å². The smallest absolute Gasteiger partial charge is 0.0693 e. The minimum atomic E-state index is 0.437. The molecule has 0 unspecified atom stereocenters. The Labute approximate surface area is 240 Å². The summed E-state index contributed by atoms with van der Waals surface area (Å²) in [5.41, 5.74) is 17.9. The fourth-order valence-corrected chi connectivity index (χ4v) is 7.51. The van der Waals surface area contributed by atoms with Gasteiger partial charge in [-0.3, -0.25) is 4.98 Å². The molecule has 2 aliphatic rings. The van der Waals surface area contributed by atoms with Crippen molar-refractivity contribution < 1.29 is 0 Å². The van der Waals surface area contributed by atoms with Crippen LogP contribution >= 0.6 is 0 Å². The molecule has 2 aliphatic heterocycles. The number of rotatable bonds is 8. The Morgan fingerprint density at radius 3 is 1.12 bits per heavy atom. The molecule has 5 rings (SSSR count). The number of hydrogen-bond acceptors (Lipinski definition) is 2. The highest BCUT2D eigenvalue weighted by Gasteiger charge is 2.30. The van der Waals surface area contributed by atoms with E-state index in [0.717, 1.165) is 62.8 Å². The Bertz CT molecular complexity index is 1480. The third-order valence-electron chi connectivity index (χ3n) is 9.44. The van der Waals surface area contributed by atoms with Gasteiger partial charge in [0.25, 0.3) is 0 Å². The van der Waals surface area contributed by atoms with E-state index in [-0.39, 0.29) is 0 Å². The Balaban J connectivity index is 2.00. The first-order chi connectivity index (χ1) is 19.5. The highest BCUT2D eigenvalue weighted by Crippen LogP contribution is 2.42. The number of aromatic nitrogens is 4. The SMILES string of the molecule is CCC1=C(CC)c2cc3[nH]c(cc4nc(cc5[nH]c(cc1n2)c(CC)c5CC)[C@H](CC)[C@H]4CC)c(CC)c3CC. The molecule has 0 fully saturated rings. The summed E-state index contributed by atoms with van der Waals surface area (Å²) in [7, 11) is 0. The first-order valence-corrected chi connectivity index (χ1v) is 16.0. The number of fused-ring (bicyclic) bond motifs is 8. The van der Waals surface area contributed by atoms with Gasteiger partial charge < -0.3 is 9.97 Å². The molecule has 4 heteroatoms. The topological polar surface area (TPSA) is 57.4 Å². The number of nitrogens with one attached hydrogen (secondary N) is 2. The molecule has 0 saturated heterocycles. The number of aromatic amines is 2. The van der Waals surface area contributed by atoms with Crippen molar-refractivity contribution in [1.29, 1.82) is 0 Å². The molecule has 0 saturated carbocycles. The number of hydrogen-bond donors (Lipinski definition) is 2. The summed E-state index contributed by atoms with van der Waals surface area (Å²) in [6.07, 6.45) is 8.15. The van der Waals surface area contributed by atoms with E-state index in [9.17, 15) is 0 Å². The van der Waals surface area contributed by atoms with Gasteiger partial charge >= 0.3 is 0 Å². The standard InChI is InChI=1S/C36H48N4/c1-9-21-22(10-2)30-18-32-25(13-5)26(14-6)34(39-32)20-36-28(16-8)27(15-7)35(40-36)19-33-24(12-4)23(11-3)31(38-33)17-29(21)37-30/h17-22,38-39H,9-16H2,1-8H3/t21-,22-/m1/s1. The second-order valence-electron chi connectivity index (χ2n) is 11.3. The van der Waals surface area contributed by atoms with Crippen LogP contribution < -0.4 is 0 Å². The van der Waals surface area contributed by atoms with Gasteiger partial charge in [0.2, 0.25) is 0 Å². The van der Waals surface area contributed by atoms with E-state index in [4.69, 9.17) is 9.97 Å². The van der Waals surface area contributed by atoms with Gasteiger partial charge in [0, 0.05) is 45.3 Å². The zero-order valence-electron chi connectivity index (χ0n) is 26.0. The Kier molecular flexibility index (Phi) is 8.35. The summed E-state index contributed by atoms with van der Waals surface area (Å²) in [5.74, 6) is 0.874. The van der Waals surface area contributed by atoms with Crippen LogP contribution in [-0.4, -0.2) is 19.9 Å². The fourth-order valence-electron chi connectivity index (χ4n) is 7.51. The van der Waals surface area contributed by atoms with Gasteiger partial charge in [-0.1, -0.05) is 55.4 Å². The summed E-state index contributed by atoms with van der Waals surface area (Å²) >= 11 is 0. The Morgan fingerprint density at radius 2 is 0.825 bits per heavy atom. The summed E-state index contributed by atoms with van der Waals surface area (Å²) < 4.78 is 0. The summed E-state index contributed by atoms with van der Waals surface area (Å²) in [6, 6.07) is 9.38. The molecule has 0 radical (unpaired) electrons. The minimum absolute atomic E-state index is 0.437. The van der Waals surface area contributed by atoms with Crippen molar-refractivity contribution in [2.75, 3.05) is 0 Å². The molecule has 40 heavy (non-hydrogen) atoms. The van der Waals surface area contributed by atoms with Crippen molar-refractivity contribution in [2.45, 2.75) is 119 Å². The third kappa shape index (κ3) is 4.63. The zero-order chi connectivity index (χ0) is 28.6. The van der Waals surface area contributed by atoms with E-state index >= 15 is 0 Å². The zero-order valence-corrected chi connectivity index (χ0v) is 26.0. The van der Waals surface area contributed by atoms with E-state index < -0.39 is 0 Å². The van der Waals surface area contributed by atoms with Crippen LogP contribution in [0, 0.1) is 0 Å². The number of nitrogens with zero attached hydrogens (tertiary/aromatic N) is 2. The lowest BCUT2D eigenvalue weighted by atomic mass is 9.85. The molecule has 4 nitrogen and oxygen atoms in total. The van der Waals surface area contributed by atoms with Crippen molar-refractivity contribution in [3.8, 4) is 0 Å². The van der Waals surface area contributed by atoms with Crippen molar-refractivity contribution in [3.05, 3.63) is 69.3 Å². The normalized spacial score (nSPS) is 17.2. The van der Waals surface area contributed by atoms with Crippen LogP contribution in [0.4, 0.5) is 0 Å². The predicted molar refractivity (Wildman–Crippen MR) is 172 cm³/mol. The molecular weight excluding hydrogens is 488 g/mol. The molecule has 0 aromatic carbocycles.